The first-order chi connectivity index (χ1) is 13.2. The Hall–Kier alpha value is -3.61. The second-order valence-electron chi connectivity index (χ2n) is 5.93. The largest absolute Gasteiger partial charge is 0.483 e. The van der Waals surface area contributed by atoms with E-state index in [0.717, 1.165) is 22.4 Å². The number of hydrogen-bond donors (Lipinski definition) is 0. The van der Waals surface area contributed by atoms with Gasteiger partial charge in [0, 0.05) is 18.2 Å². The number of aryl methyl sites for hydroxylation is 1. The van der Waals surface area contributed by atoms with Crippen LogP contribution in [0.25, 0.3) is 22.4 Å². The summed E-state index contributed by atoms with van der Waals surface area (Å²) in [5.74, 6) is 0.316. The molecule has 0 saturated carbocycles. The van der Waals surface area contributed by atoms with Crippen LogP contribution in [0.2, 0.25) is 0 Å². The first-order valence-corrected chi connectivity index (χ1v) is 8.34. The number of aromatic nitrogens is 5. The van der Waals surface area contributed by atoms with Gasteiger partial charge in [0.25, 0.3) is 0 Å². The Morgan fingerprint density at radius 2 is 1.85 bits per heavy atom. The van der Waals surface area contributed by atoms with E-state index in [1.807, 2.05) is 36.4 Å². The Labute approximate surface area is 155 Å². The van der Waals surface area contributed by atoms with Crippen molar-refractivity contribution in [2.75, 3.05) is 0 Å². The van der Waals surface area contributed by atoms with E-state index in [-0.39, 0.29) is 12.4 Å². The van der Waals surface area contributed by atoms with Crippen LogP contribution >= 0.6 is 0 Å². The summed E-state index contributed by atoms with van der Waals surface area (Å²) < 4.78 is 21.4. The second-order valence-corrected chi connectivity index (χ2v) is 5.93. The molecule has 0 atom stereocenters. The van der Waals surface area contributed by atoms with Gasteiger partial charge in [0.15, 0.2) is 17.4 Å². The molecule has 6 nitrogen and oxygen atoms in total. The van der Waals surface area contributed by atoms with Gasteiger partial charge in [-0.3, -0.25) is 4.68 Å². The molecule has 0 aliphatic carbocycles. The molecule has 0 saturated heterocycles. The van der Waals surface area contributed by atoms with Gasteiger partial charge in [0.05, 0.1) is 11.9 Å². The maximum Gasteiger partial charge on any atom is 0.165 e. The number of benzene rings is 2. The van der Waals surface area contributed by atoms with Crippen LogP contribution in [0.4, 0.5) is 4.39 Å². The molecule has 0 N–H and O–H groups in total. The lowest BCUT2D eigenvalue weighted by Crippen LogP contribution is -2.05. The van der Waals surface area contributed by atoms with Gasteiger partial charge < -0.3 is 4.74 Å². The number of halogens is 1. The van der Waals surface area contributed by atoms with Crippen LogP contribution < -0.4 is 4.74 Å². The fourth-order valence-corrected chi connectivity index (χ4v) is 2.66. The highest BCUT2D eigenvalue weighted by Gasteiger charge is 2.10. The third-order valence-corrected chi connectivity index (χ3v) is 4.15. The number of nitrogens with zero attached hydrogens (tertiary/aromatic N) is 5. The van der Waals surface area contributed by atoms with Crippen molar-refractivity contribution in [2.45, 2.75) is 6.61 Å². The van der Waals surface area contributed by atoms with Gasteiger partial charge in [0.2, 0.25) is 0 Å². The predicted molar refractivity (Wildman–Crippen MR) is 98.2 cm³/mol. The van der Waals surface area contributed by atoms with Crippen molar-refractivity contribution in [3.63, 3.8) is 0 Å². The van der Waals surface area contributed by atoms with Crippen LogP contribution in [-0.4, -0.2) is 25.0 Å². The molecular formula is C20H16FN5O. The Bertz CT molecular complexity index is 1060. The van der Waals surface area contributed by atoms with E-state index in [9.17, 15) is 4.39 Å². The van der Waals surface area contributed by atoms with Crippen molar-refractivity contribution < 1.29 is 9.13 Å². The molecule has 27 heavy (non-hydrogen) atoms. The molecule has 4 aromatic rings. The summed E-state index contributed by atoms with van der Waals surface area (Å²) in [6.07, 6.45) is 3.07. The first-order valence-electron chi connectivity index (χ1n) is 8.34. The standard InChI is InChI=1S/C20H16FN5O/c1-26-20(22-13-24-26)12-27-19-10-15(7-8-17(19)21)16-9-18(25-23-11-16)14-5-3-2-4-6-14/h2-11,13H,12H2,1H3. The van der Waals surface area contributed by atoms with Gasteiger partial charge in [0.1, 0.15) is 12.9 Å². The smallest absolute Gasteiger partial charge is 0.165 e. The average Bonchev–Trinajstić information content (AvgIpc) is 3.13. The number of hydrogen-bond acceptors (Lipinski definition) is 5. The van der Waals surface area contributed by atoms with E-state index in [4.69, 9.17) is 4.74 Å². The van der Waals surface area contributed by atoms with E-state index in [1.165, 1.54) is 12.4 Å². The van der Waals surface area contributed by atoms with E-state index >= 15 is 0 Å². The van der Waals surface area contributed by atoms with E-state index in [0.29, 0.717) is 5.82 Å². The van der Waals surface area contributed by atoms with Crippen LogP contribution in [0.15, 0.2) is 67.1 Å². The quantitative estimate of drug-likeness (QED) is 0.543. The first kappa shape index (κ1) is 16.8. The summed E-state index contributed by atoms with van der Waals surface area (Å²) >= 11 is 0. The summed E-state index contributed by atoms with van der Waals surface area (Å²) in [6.45, 7) is 0.126. The van der Waals surface area contributed by atoms with Gasteiger partial charge in [-0.1, -0.05) is 36.4 Å². The van der Waals surface area contributed by atoms with Crippen LogP contribution in [0.5, 0.6) is 5.75 Å². The van der Waals surface area contributed by atoms with Crippen LogP contribution in [0, 0.1) is 5.82 Å². The van der Waals surface area contributed by atoms with Crippen LogP contribution in [0.3, 0.4) is 0 Å². The molecule has 134 valence electrons. The molecule has 0 bridgehead atoms. The molecule has 0 spiro atoms. The van der Waals surface area contributed by atoms with Crippen molar-refractivity contribution in [2.24, 2.45) is 7.05 Å². The zero-order valence-corrected chi connectivity index (χ0v) is 14.6. The molecule has 2 aromatic carbocycles. The summed E-state index contributed by atoms with van der Waals surface area (Å²) in [5.41, 5.74) is 3.33. The molecule has 4 rings (SSSR count). The fraction of sp³-hybridized carbons (Fsp3) is 0.100. The van der Waals surface area contributed by atoms with E-state index in [1.54, 1.807) is 30.1 Å². The zero-order valence-electron chi connectivity index (χ0n) is 14.6. The van der Waals surface area contributed by atoms with Gasteiger partial charge in [-0.25, -0.2) is 9.37 Å². The Morgan fingerprint density at radius 3 is 2.63 bits per heavy atom. The average molecular weight is 361 g/mol. The Balaban J connectivity index is 1.62. The molecule has 0 radical (unpaired) electrons. The second kappa shape index (κ2) is 7.33. The highest BCUT2D eigenvalue weighted by atomic mass is 19.1. The summed E-state index contributed by atoms with van der Waals surface area (Å²) in [6, 6.07) is 16.4. The molecule has 0 fully saturated rings. The van der Waals surface area contributed by atoms with E-state index < -0.39 is 5.82 Å². The molecule has 7 heteroatoms. The maximum absolute atomic E-state index is 14.2. The Morgan fingerprint density at radius 1 is 1.00 bits per heavy atom. The third kappa shape index (κ3) is 3.67. The molecule has 0 aliphatic rings. The molecule has 2 heterocycles. The van der Waals surface area contributed by atoms with Crippen molar-refractivity contribution in [3.8, 4) is 28.1 Å². The summed E-state index contributed by atoms with van der Waals surface area (Å²) in [7, 11) is 1.76. The molecule has 0 aliphatic heterocycles. The van der Waals surface area contributed by atoms with Crippen LogP contribution in [0.1, 0.15) is 5.82 Å². The zero-order chi connectivity index (χ0) is 18.6. The predicted octanol–water partition coefficient (Wildman–Crippen LogP) is 3.66. The minimum atomic E-state index is -0.439. The molecule has 2 aromatic heterocycles. The lowest BCUT2D eigenvalue weighted by Gasteiger charge is -2.09. The highest BCUT2D eigenvalue weighted by molar-refractivity contribution is 5.70. The summed E-state index contributed by atoms with van der Waals surface area (Å²) in [5, 5.41) is 12.2. The minimum absolute atomic E-state index is 0.126. The van der Waals surface area contributed by atoms with Crippen LogP contribution in [-0.2, 0) is 13.7 Å². The van der Waals surface area contributed by atoms with Crippen molar-refractivity contribution in [3.05, 3.63) is 78.8 Å². The fourth-order valence-electron chi connectivity index (χ4n) is 2.66. The van der Waals surface area contributed by atoms with Gasteiger partial charge in [-0.05, 0) is 23.8 Å². The Kier molecular flexibility index (Phi) is 4.57. The lowest BCUT2D eigenvalue weighted by atomic mass is 10.0. The van der Waals surface area contributed by atoms with E-state index in [2.05, 4.69) is 20.3 Å². The summed E-state index contributed by atoms with van der Waals surface area (Å²) in [4.78, 5) is 4.07. The van der Waals surface area contributed by atoms with Crippen molar-refractivity contribution in [1.29, 1.82) is 0 Å². The lowest BCUT2D eigenvalue weighted by molar-refractivity contribution is 0.276. The number of ether oxygens (including phenoxy) is 1. The maximum atomic E-state index is 14.2. The molecule has 0 unspecified atom stereocenters. The third-order valence-electron chi connectivity index (χ3n) is 4.15. The van der Waals surface area contributed by atoms with Gasteiger partial charge in [-0.15, -0.1) is 0 Å². The van der Waals surface area contributed by atoms with Crippen molar-refractivity contribution >= 4 is 0 Å². The topological polar surface area (TPSA) is 65.7 Å². The normalized spacial score (nSPS) is 10.7. The minimum Gasteiger partial charge on any atom is -0.483 e. The highest BCUT2D eigenvalue weighted by Crippen LogP contribution is 2.28. The molecule has 0 amide bonds. The van der Waals surface area contributed by atoms with Crippen molar-refractivity contribution in [1.82, 2.24) is 25.0 Å². The molecular weight excluding hydrogens is 345 g/mol. The monoisotopic (exact) mass is 361 g/mol. The van der Waals surface area contributed by atoms with Gasteiger partial charge in [-0.2, -0.15) is 15.3 Å². The SMILES string of the molecule is Cn1ncnc1COc1cc(-c2cnnc(-c3ccccc3)c2)ccc1F. The number of rotatable bonds is 5. The van der Waals surface area contributed by atoms with Gasteiger partial charge >= 0.3 is 0 Å².